The fraction of sp³-hybridized carbons (Fsp3) is 0.500. The third-order valence-electron chi connectivity index (χ3n) is 5.31. The lowest BCUT2D eigenvalue weighted by atomic mass is 10.1. The topological polar surface area (TPSA) is 70.4 Å². The second-order valence-electron chi connectivity index (χ2n) is 7.56. The van der Waals surface area contributed by atoms with Crippen molar-refractivity contribution in [3.05, 3.63) is 59.7 Å². The largest absolute Gasteiger partial charge is 0.353 e. The van der Waals surface area contributed by atoms with E-state index in [9.17, 15) is 0 Å². The normalized spacial score (nSPS) is 14.8. The number of benzene rings is 1. The first kappa shape index (κ1) is 24.3. The monoisotopic (exact) mass is 523 g/mol. The van der Waals surface area contributed by atoms with Crippen molar-refractivity contribution in [2.45, 2.75) is 45.8 Å². The minimum absolute atomic E-state index is 0. The van der Waals surface area contributed by atoms with Crippen LogP contribution in [0.2, 0.25) is 0 Å². The third kappa shape index (κ3) is 7.39. The molecule has 0 aliphatic carbocycles. The van der Waals surface area contributed by atoms with E-state index in [1.165, 1.54) is 43.5 Å². The van der Waals surface area contributed by atoms with Gasteiger partial charge in [-0.05, 0) is 44.0 Å². The molecule has 0 unspecified atom stereocenters. The highest BCUT2D eigenvalue weighted by molar-refractivity contribution is 14.0. The predicted molar refractivity (Wildman–Crippen MR) is 133 cm³/mol. The van der Waals surface area contributed by atoms with Crippen LogP contribution in [0.15, 0.2) is 41.9 Å². The summed E-state index contributed by atoms with van der Waals surface area (Å²) in [5, 5.41) is 14.9. The summed E-state index contributed by atoms with van der Waals surface area (Å²) in [4.78, 5) is 7.25. The first-order valence-corrected chi connectivity index (χ1v) is 10.4. The van der Waals surface area contributed by atoms with Gasteiger partial charge in [0, 0.05) is 20.1 Å². The number of piperidine rings is 1. The first-order valence-electron chi connectivity index (χ1n) is 10.4. The van der Waals surface area contributed by atoms with Gasteiger partial charge in [-0.15, -0.1) is 40.8 Å². The van der Waals surface area contributed by atoms with E-state index in [1.807, 2.05) is 24.6 Å². The maximum Gasteiger partial charge on any atom is 0.192 e. The molecular formula is C22H34IN7. The van der Waals surface area contributed by atoms with Crippen LogP contribution in [0.25, 0.3) is 0 Å². The van der Waals surface area contributed by atoms with Gasteiger partial charge < -0.3 is 15.2 Å². The molecule has 7 nitrogen and oxygen atoms in total. The van der Waals surface area contributed by atoms with E-state index >= 15 is 0 Å². The smallest absolute Gasteiger partial charge is 0.192 e. The summed E-state index contributed by atoms with van der Waals surface area (Å²) in [5.74, 6) is 2.50. The minimum Gasteiger partial charge on any atom is -0.353 e. The van der Waals surface area contributed by atoms with Crippen LogP contribution in [0.5, 0.6) is 0 Å². The van der Waals surface area contributed by atoms with E-state index in [4.69, 9.17) is 4.99 Å². The van der Waals surface area contributed by atoms with Crippen molar-refractivity contribution in [2.24, 2.45) is 12.0 Å². The highest BCUT2D eigenvalue weighted by Crippen LogP contribution is 2.14. The number of hydrogen-bond donors (Lipinski definition) is 2. The summed E-state index contributed by atoms with van der Waals surface area (Å²) in [6.45, 7) is 11.0. The maximum atomic E-state index is 4.71. The number of likely N-dealkylation sites (tertiary alicyclic amines) is 1. The lowest BCUT2D eigenvalue weighted by Gasteiger charge is -2.26. The zero-order chi connectivity index (χ0) is 20.5. The number of hydrogen-bond acceptors (Lipinski definition) is 4. The standard InChI is InChI=1S/C22H33N7.HI/c1-4-12-23-22(25-16-21-27-26-18(2)28(21)3)24-15-19-8-10-20(11-9-19)17-29-13-6-5-7-14-29;/h4,8-11H,1,5-7,12-17H2,2-3H3,(H2,23,24,25);1H. The number of nitrogens with one attached hydrogen (secondary N) is 2. The van der Waals surface area contributed by atoms with Crippen LogP contribution in [0.3, 0.4) is 0 Å². The zero-order valence-corrected chi connectivity index (χ0v) is 20.4. The molecule has 164 valence electrons. The highest BCUT2D eigenvalue weighted by atomic mass is 127. The van der Waals surface area contributed by atoms with Crippen molar-refractivity contribution in [3.8, 4) is 0 Å². The molecule has 2 N–H and O–H groups in total. The summed E-state index contributed by atoms with van der Waals surface area (Å²) in [6, 6.07) is 8.82. The number of guanidine groups is 1. The third-order valence-corrected chi connectivity index (χ3v) is 5.31. The number of aliphatic imine (C=N–C) groups is 1. The van der Waals surface area contributed by atoms with Gasteiger partial charge in [0.05, 0.1) is 13.1 Å². The number of halogens is 1. The Hall–Kier alpha value is -1.94. The molecule has 0 bridgehead atoms. The fourth-order valence-electron chi connectivity index (χ4n) is 3.41. The van der Waals surface area contributed by atoms with Crippen LogP contribution in [-0.2, 0) is 26.7 Å². The Morgan fingerprint density at radius 3 is 2.43 bits per heavy atom. The van der Waals surface area contributed by atoms with Gasteiger partial charge in [-0.3, -0.25) is 4.90 Å². The number of rotatable bonds is 8. The predicted octanol–water partition coefficient (Wildman–Crippen LogP) is 3.15. The van der Waals surface area contributed by atoms with Crippen molar-refractivity contribution in [1.82, 2.24) is 30.3 Å². The van der Waals surface area contributed by atoms with Gasteiger partial charge in [0.1, 0.15) is 5.82 Å². The van der Waals surface area contributed by atoms with Crippen LogP contribution < -0.4 is 10.6 Å². The Kier molecular flexibility index (Phi) is 10.3. The molecule has 3 rings (SSSR count). The molecule has 1 aromatic heterocycles. The average molecular weight is 523 g/mol. The van der Waals surface area contributed by atoms with Crippen LogP contribution >= 0.6 is 24.0 Å². The molecule has 0 atom stereocenters. The Bertz CT molecular complexity index is 807. The lowest BCUT2D eigenvalue weighted by Crippen LogP contribution is -2.37. The Morgan fingerprint density at radius 1 is 1.10 bits per heavy atom. The molecule has 2 aromatic rings. The average Bonchev–Trinajstić information content (AvgIpc) is 3.07. The SMILES string of the molecule is C=CCNC(=NCc1ccc(CN2CCCCC2)cc1)NCc1nnc(C)n1C.I. The molecule has 1 aliphatic heterocycles. The summed E-state index contributed by atoms with van der Waals surface area (Å²) < 4.78 is 1.97. The quantitative estimate of drug-likeness (QED) is 0.241. The molecule has 30 heavy (non-hydrogen) atoms. The Labute approximate surface area is 197 Å². The van der Waals surface area contributed by atoms with Crippen molar-refractivity contribution >= 4 is 29.9 Å². The highest BCUT2D eigenvalue weighted by Gasteiger charge is 2.10. The molecule has 1 fully saturated rings. The molecule has 1 aliphatic rings. The van der Waals surface area contributed by atoms with Gasteiger partial charge in [0.15, 0.2) is 11.8 Å². The van der Waals surface area contributed by atoms with E-state index in [2.05, 4.69) is 56.6 Å². The van der Waals surface area contributed by atoms with Gasteiger partial charge in [0.2, 0.25) is 0 Å². The van der Waals surface area contributed by atoms with Gasteiger partial charge in [0.25, 0.3) is 0 Å². The number of aromatic nitrogens is 3. The fourth-order valence-corrected chi connectivity index (χ4v) is 3.41. The van der Waals surface area contributed by atoms with Crippen molar-refractivity contribution < 1.29 is 0 Å². The van der Waals surface area contributed by atoms with Gasteiger partial charge in [-0.1, -0.05) is 36.8 Å². The molecule has 0 spiro atoms. The molecule has 2 heterocycles. The Balaban J connectivity index is 0.00000320. The first-order chi connectivity index (χ1) is 14.2. The second-order valence-corrected chi connectivity index (χ2v) is 7.56. The van der Waals surface area contributed by atoms with E-state index in [1.54, 1.807) is 0 Å². The summed E-state index contributed by atoms with van der Waals surface area (Å²) >= 11 is 0. The summed E-state index contributed by atoms with van der Waals surface area (Å²) in [5.41, 5.74) is 2.57. The van der Waals surface area contributed by atoms with E-state index in [-0.39, 0.29) is 24.0 Å². The number of nitrogens with zero attached hydrogens (tertiary/aromatic N) is 5. The summed E-state index contributed by atoms with van der Waals surface area (Å²) in [6.07, 6.45) is 5.85. The second kappa shape index (κ2) is 12.7. The van der Waals surface area contributed by atoms with Crippen LogP contribution in [-0.4, -0.2) is 45.3 Å². The van der Waals surface area contributed by atoms with Gasteiger partial charge >= 0.3 is 0 Å². The molecule has 1 saturated heterocycles. The minimum atomic E-state index is 0. The van der Waals surface area contributed by atoms with Gasteiger partial charge in [-0.2, -0.15) is 0 Å². The van der Waals surface area contributed by atoms with Crippen molar-refractivity contribution in [2.75, 3.05) is 19.6 Å². The van der Waals surface area contributed by atoms with Crippen molar-refractivity contribution in [1.29, 1.82) is 0 Å². The summed E-state index contributed by atoms with van der Waals surface area (Å²) in [7, 11) is 1.96. The molecule has 0 amide bonds. The zero-order valence-electron chi connectivity index (χ0n) is 18.1. The van der Waals surface area contributed by atoms with Crippen LogP contribution in [0.4, 0.5) is 0 Å². The Morgan fingerprint density at radius 2 is 1.80 bits per heavy atom. The van der Waals surface area contributed by atoms with Gasteiger partial charge in [-0.25, -0.2) is 4.99 Å². The maximum absolute atomic E-state index is 4.71. The van der Waals surface area contributed by atoms with Crippen LogP contribution in [0, 0.1) is 6.92 Å². The van der Waals surface area contributed by atoms with Crippen molar-refractivity contribution in [3.63, 3.8) is 0 Å². The molecule has 0 radical (unpaired) electrons. The molecule has 0 saturated carbocycles. The molecule has 1 aromatic carbocycles. The molecule has 8 heteroatoms. The van der Waals surface area contributed by atoms with Crippen LogP contribution in [0.1, 0.15) is 42.0 Å². The van der Waals surface area contributed by atoms with E-state index < -0.39 is 0 Å². The number of aryl methyl sites for hydroxylation is 1. The van der Waals surface area contributed by atoms with E-state index in [0.29, 0.717) is 19.6 Å². The lowest BCUT2D eigenvalue weighted by molar-refractivity contribution is 0.221. The van der Waals surface area contributed by atoms with E-state index in [0.717, 1.165) is 24.2 Å². The molecular weight excluding hydrogens is 489 g/mol.